The third-order valence-corrected chi connectivity index (χ3v) is 2.45. The van der Waals surface area contributed by atoms with E-state index in [-0.39, 0.29) is 6.42 Å². The van der Waals surface area contributed by atoms with Crippen LogP contribution in [0.15, 0.2) is 20.7 Å². The van der Waals surface area contributed by atoms with Gasteiger partial charge in [0.15, 0.2) is 0 Å². The lowest BCUT2D eigenvalue weighted by Gasteiger charge is -2.30. The molecule has 1 rings (SSSR count). The van der Waals surface area contributed by atoms with Gasteiger partial charge in [0.05, 0.1) is 0 Å². The van der Waals surface area contributed by atoms with Crippen molar-refractivity contribution in [1.82, 2.24) is 0 Å². The van der Waals surface area contributed by atoms with Gasteiger partial charge in [0.1, 0.15) is 0 Å². The van der Waals surface area contributed by atoms with E-state index in [1.54, 1.807) is 6.92 Å². The minimum Gasteiger partial charge on any atom is -0.191 e. The van der Waals surface area contributed by atoms with E-state index in [4.69, 9.17) is 0 Å². The molecule has 98 valence electrons. The molecule has 0 N–H and O–H groups in total. The van der Waals surface area contributed by atoms with Crippen molar-refractivity contribution in [3.63, 3.8) is 0 Å². The molecule has 1 aliphatic rings. The summed E-state index contributed by atoms with van der Waals surface area (Å²) in [4.78, 5) is 0. The van der Waals surface area contributed by atoms with Crippen LogP contribution in [0.5, 0.6) is 0 Å². The monoisotopic (exact) mass is 258 g/mol. The minimum atomic E-state index is -5.72. The van der Waals surface area contributed by atoms with Crippen LogP contribution < -0.4 is 0 Å². The summed E-state index contributed by atoms with van der Waals surface area (Å²) >= 11 is 0. The molecule has 0 saturated heterocycles. The van der Waals surface area contributed by atoms with E-state index in [0.29, 0.717) is 12.8 Å². The van der Waals surface area contributed by atoms with Gasteiger partial charge in [0.25, 0.3) is 5.66 Å². The van der Waals surface area contributed by atoms with Gasteiger partial charge in [0.2, 0.25) is 0 Å². The fraction of sp³-hybridized carbons (Fsp3) is 1.00. The smallest absolute Gasteiger partial charge is 0.191 e. The maximum atomic E-state index is 13.3. The maximum Gasteiger partial charge on any atom is 0.458 e. The quantitative estimate of drug-likeness (QED) is 0.521. The molecule has 0 unspecified atom stereocenters. The van der Waals surface area contributed by atoms with Crippen molar-refractivity contribution in [1.29, 1.82) is 0 Å². The van der Waals surface area contributed by atoms with E-state index in [0.717, 1.165) is 0 Å². The molecule has 9 heteroatoms. The van der Waals surface area contributed by atoms with E-state index in [2.05, 4.69) is 20.7 Å². The Labute approximate surface area is 94.0 Å². The van der Waals surface area contributed by atoms with Gasteiger partial charge >= 0.3 is 12.1 Å². The van der Waals surface area contributed by atoms with Gasteiger partial charge in [-0.15, -0.1) is 10.2 Å². The molecule has 0 bridgehead atoms. The van der Waals surface area contributed by atoms with Crippen LogP contribution in [0.25, 0.3) is 0 Å². The summed E-state index contributed by atoms with van der Waals surface area (Å²) < 4.78 is 63.4. The highest BCUT2D eigenvalue weighted by atomic mass is 19.4. The number of hydrogen-bond acceptors (Lipinski definition) is 4. The Bertz CT molecular complexity index is 310. The highest BCUT2D eigenvalue weighted by Gasteiger charge is 2.72. The molecule has 0 amide bonds. The first-order chi connectivity index (χ1) is 7.77. The van der Waals surface area contributed by atoms with Gasteiger partial charge in [-0.3, -0.25) is 0 Å². The van der Waals surface area contributed by atoms with Gasteiger partial charge < -0.3 is 0 Å². The first-order valence-electron chi connectivity index (χ1n) is 5.05. The lowest BCUT2D eigenvalue weighted by atomic mass is 9.95. The van der Waals surface area contributed by atoms with Crippen LogP contribution in [0.3, 0.4) is 0 Å². The van der Waals surface area contributed by atoms with Gasteiger partial charge in [-0.05, 0) is 16.9 Å². The fourth-order valence-corrected chi connectivity index (χ4v) is 1.44. The van der Waals surface area contributed by atoms with Crippen molar-refractivity contribution in [2.45, 2.75) is 50.4 Å². The lowest BCUT2D eigenvalue weighted by Crippen LogP contribution is -2.54. The molecule has 0 aromatic rings. The van der Waals surface area contributed by atoms with Crippen molar-refractivity contribution in [3.05, 3.63) is 0 Å². The molecule has 1 aliphatic heterocycles. The summed E-state index contributed by atoms with van der Waals surface area (Å²) in [7, 11) is 0. The molecule has 0 saturated carbocycles. The van der Waals surface area contributed by atoms with Crippen LogP contribution in [0.1, 0.15) is 32.6 Å². The fourth-order valence-electron chi connectivity index (χ4n) is 1.44. The molecule has 0 radical (unpaired) electrons. The average Bonchev–Trinajstić information content (AvgIpc) is 2.66. The molecule has 0 fully saturated rings. The second kappa shape index (κ2) is 4.61. The van der Waals surface area contributed by atoms with Crippen molar-refractivity contribution in [2.75, 3.05) is 0 Å². The number of rotatable bonds is 5. The summed E-state index contributed by atoms with van der Waals surface area (Å²) in [5.74, 6) is -5.06. The van der Waals surface area contributed by atoms with Crippen molar-refractivity contribution in [2.24, 2.45) is 20.7 Å². The SMILES string of the molecule is CCCCCC1(C(F)(F)C(F)(F)F)N=NN=N1. The third kappa shape index (κ3) is 2.42. The van der Waals surface area contributed by atoms with E-state index in [9.17, 15) is 22.0 Å². The average molecular weight is 258 g/mol. The third-order valence-electron chi connectivity index (χ3n) is 2.45. The largest absolute Gasteiger partial charge is 0.458 e. The Hall–Kier alpha value is -1.15. The normalized spacial score (nSPS) is 18.9. The zero-order chi connectivity index (χ0) is 13.2. The molecule has 0 spiro atoms. The minimum absolute atomic E-state index is 0.153. The van der Waals surface area contributed by atoms with Gasteiger partial charge in [-0.25, -0.2) is 0 Å². The van der Waals surface area contributed by atoms with E-state index in [1.165, 1.54) is 0 Å². The van der Waals surface area contributed by atoms with Crippen LogP contribution in [-0.4, -0.2) is 17.8 Å². The molecular formula is C8H11F5N4. The van der Waals surface area contributed by atoms with Crippen LogP contribution >= 0.6 is 0 Å². The Kier molecular flexibility index (Phi) is 3.78. The topological polar surface area (TPSA) is 49.4 Å². The van der Waals surface area contributed by atoms with E-state index in [1.807, 2.05) is 0 Å². The van der Waals surface area contributed by atoms with Crippen molar-refractivity contribution >= 4 is 0 Å². The van der Waals surface area contributed by atoms with E-state index >= 15 is 0 Å². The molecule has 0 atom stereocenters. The zero-order valence-corrected chi connectivity index (χ0v) is 9.01. The predicted molar refractivity (Wildman–Crippen MR) is 47.6 cm³/mol. The number of halogens is 5. The number of hydrogen-bond donors (Lipinski definition) is 0. The first-order valence-corrected chi connectivity index (χ1v) is 5.05. The Morgan fingerprint density at radius 1 is 0.941 bits per heavy atom. The molecule has 0 aliphatic carbocycles. The predicted octanol–water partition coefficient (Wildman–Crippen LogP) is 4.29. The Morgan fingerprint density at radius 2 is 1.47 bits per heavy atom. The van der Waals surface area contributed by atoms with Crippen LogP contribution in [0.2, 0.25) is 0 Å². The van der Waals surface area contributed by atoms with Crippen LogP contribution in [-0.2, 0) is 0 Å². The summed E-state index contributed by atoms with van der Waals surface area (Å²) in [6, 6.07) is 0. The maximum absolute atomic E-state index is 13.3. The second-order valence-corrected chi connectivity index (χ2v) is 3.72. The Morgan fingerprint density at radius 3 is 1.88 bits per heavy atom. The standard InChI is InChI=1S/C8H11F5N4/c1-2-3-4-5-6(14-16-17-15-6)7(9,10)8(11,12)13/h2-5H2,1H3. The molecule has 17 heavy (non-hydrogen) atoms. The number of unbranched alkanes of at least 4 members (excludes halogenated alkanes) is 2. The van der Waals surface area contributed by atoms with Gasteiger partial charge in [0, 0.05) is 6.42 Å². The summed E-state index contributed by atoms with van der Waals surface area (Å²) in [6.45, 7) is 1.80. The molecule has 0 aromatic heterocycles. The summed E-state index contributed by atoms with van der Waals surface area (Å²) in [5.41, 5.74) is -2.92. The van der Waals surface area contributed by atoms with Crippen LogP contribution in [0.4, 0.5) is 22.0 Å². The molecule has 1 heterocycles. The molecule has 0 aromatic carbocycles. The summed E-state index contributed by atoms with van der Waals surface area (Å²) in [6.07, 6.45) is -4.90. The highest BCUT2D eigenvalue weighted by Crippen LogP contribution is 2.50. The van der Waals surface area contributed by atoms with Crippen molar-refractivity contribution < 1.29 is 22.0 Å². The lowest BCUT2D eigenvalue weighted by molar-refractivity contribution is -0.307. The second-order valence-electron chi connectivity index (χ2n) is 3.72. The number of nitrogens with zero attached hydrogens (tertiary/aromatic N) is 4. The summed E-state index contributed by atoms with van der Waals surface area (Å²) in [5, 5.41) is 11.4. The molecular weight excluding hydrogens is 247 g/mol. The van der Waals surface area contributed by atoms with Crippen LogP contribution in [0, 0.1) is 0 Å². The van der Waals surface area contributed by atoms with E-state index < -0.39 is 24.2 Å². The molecule has 4 nitrogen and oxygen atoms in total. The zero-order valence-electron chi connectivity index (χ0n) is 9.01. The van der Waals surface area contributed by atoms with Gasteiger partial charge in [-0.2, -0.15) is 22.0 Å². The number of alkyl halides is 5. The Balaban J connectivity index is 2.93. The van der Waals surface area contributed by atoms with Gasteiger partial charge in [-0.1, -0.05) is 19.8 Å². The van der Waals surface area contributed by atoms with Crippen molar-refractivity contribution in [3.8, 4) is 0 Å². The first kappa shape index (κ1) is 13.9. The highest BCUT2D eigenvalue weighted by molar-refractivity contribution is 5.02.